The van der Waals surface area contributed by atoms with E-state index in [0.29, 0.717) is 45.4 Å². The number of nitrogens with two attached hydrogens (primary N) is 1. The standard InChI is InChI=1S/C26H17NO5/c27-15-5-8-17(9-6-15)30-18-10-12-22-24(14-18)31-23-13-16(28)7-11-21(23)26(22)20-4-2-1-3-19(20)25(29)32-26/h1-14,28H,27H2/t26-/m0/s1. The van der Waals surface area contributed by atoms with Crippen LogP contribution in [0.5, 0.6) is 28.7 Å². The van der Waals surface area contributed by atoms with Crippen molar-refractivity contribution in [3.8, 4) is 28.7 Å². The van der Waals surface area contributed by atoms with Gasteiger partial charge >= 0.3 is 5.97 Å². The van der Waals surface area contributed by atoms with E-state index in [1.54, 1.807) is 60.7 Å². The van der Waals surface area contributed by atoms with Crippen molar-refractivity contribution in [3.05, 3.63) is 107 Å². The second-order valence-electron chi connectivity index (χ2n) is 7.73. The molecule has 0 fully saturated rings. The number of benzene rings is 4. The van der Waals surface area contributed by atoms with Crippen molar-refractivity contribution in [1.82, 2.24) is 0 Å². The Bertz CT molecular complexity index is 1400. The fraction of sp³-hybridized carbons (Fsp3) is 0.0385. The predicted molar refractivity (Wildman–Crippen MR) is 117 cm³/mol. The third-order valence-corrected chi connectivity index (χ3v) is 5.78. The lowest BCUT2D eigenvalue weighted by Crippen LogP contribution is -2.32. The number of nitrogen functional groups attached to an aromatic ring is 1. The van der Waals surface area contributed by atoms with Crippen LogP contribution in [0.25, 0.3) is 0 Å². The average molecular weight is 423 g/mol. The van der Waals surface area contributed by atoms with E-state index in [0.717, 1.165) is 5.56 Å². The summed E-state index contributed by atoms with van der Waals surface area (Å²) in [5.74, 6) is 1.70. The first-order valence-electron chi connectivity index (χ1n) is 10.1. The van der Waals surface area contributed by atoms with E-state index < -0.39 is 11.6 Å². The number of carbonyl (C=O) groups is 1. The number of carbonyl (C=O) groups excluding carboxylic acids is 1. The summed E-state index contributed by atoms with van der Waals surface area (Å²) in [6.45, 7) is 0. The molecule has 1 spiro atoms. The Kier molecular flexibility index (Phi) is 3.74. The van der Waals surface area contributed by atoms with Crippen molar-refractivity contribution in [2.75, 3.05) is 5.73 Å². The van der Waals surface area contributed by atoms with Crippen LogP contribution in [0.2, 0.25) is 0 Å². The van der Waals surface area contributed by atoms with Gasteiger partial charge in [0.2, 0.25) is 0 Å². The van der Waals surface area contributed by atoms with Crippen LogP contribution in [0.4, 0.5) is 5.69 Å². The maximum Gasteiger partial charge on any atom is 0.340 e. The van der Waals surface area contributed by atoms with Crippen LogP contribution >= 0.6 is 0 Å². The van der Waals surface area contributed by atoms with Gasteiger partial charge in [-0.25, -0.2) is 4.79 Å². The van der Waals surface area contributed by atoms with Crippen molar-refractivity contribution < 1.29 is 24.1 Å². The summed E-state index contributed by atoms with van der Waals surface area (Å²) < 4.78 is 18.2. The molecule has 0 radical (unpaired) electrons. The molecule has 2 aliphatic heterocycles. The average Bonchev–Trinajstić information content (AvgIpc) is 3.08. The lowest BCUT2D eigenvalue weighted by Gasteiger charge is -2.36. The minimum Gasteiger partial charge on any atom is -0.508 e. The molecule has 4 aromatic carbocycles. The van der Waals surface area contributed by atoms with Gasteiger partial charge in [0.25, 0.3) is 0 Å². The Morgan fingerprint density at radius 3 is 2.28 bits per heavy atom. The molecular weight excluding hydrogens is 406 g/mol. The zero-order chi connectivity index (χ0) is 21.9. The van der Waals surface area contributed by atoms with E-state index in [2.05, 4.69) is 0 Å². The molecule has 6 heteroatoms. The molecule has 0 bridgehead atoms. The van der Waals surface area contributed by atoms with Gasteiger partial charge < -0.3 is 25.1 Å². The van der Waals surface area contributed by atoms with E-state index in [9.17, 15) is 9.90 Å². The number of anilines is 1. The molecular formula is C26H17NO5. The second-order valence-corrected chi connectivity index (χ2v) is 7.73. The van der Waals surface area contributed by atoms with Crippen LogP contribution in [0, 0.1) is 0 Å². The number of ether oxygens (including phenoxy) is 3. The summed E-state index contributed by atoms with van der Waals surface area (Å²) in [7, 11) is 0. The van der Waals surface area contributed by atoms with Crippen molar-refractivity contribution in [3.63, 3.8) is 0 Å². The summed E-state index contributed by atoms with van der Waals surface area (Å²) in [5, 5.41) is 10.1. The molecule has 0 saturated carbocycles. The minimum absolute atomic E-state index is 0.0502. The summed E-state index contributed by atoms with van der Waals surface area (Å²) in [5.41, 5.74) is 7.77. The molecule has 6 rings (SSSR count). The number of fused-ring (bicyclic) bond motifs is 6. The van der Waals surface area contributed by atoms with Crippen LogP contribution in [0.1, 0.15) is 27.0 Å². The fourth-order valence-corrected chi connectivity index (χ4v) is 4.38. The molecule has 32 heavy (non-hydrogen) atoms. The highest BCUT2D eigenvalue weighted by Gasteiger charge is 2.53. The highest BCUT2D eigenvalue weighted by atomic mass is 16.6. The summed E-state index contributed by atoms with van der Waals surface area (Å²) in [6, 6.07) is 24.6. The fourth-order valence-electron chi connectivity index (χ4n) is 4.38. The van der Waals surface area contributed by atoms with E-state index >= 15 is 0 Å². The number of esters is 1. The van der Waals surface area contributed by atoms with E-state index in [4.69, 9.17) is 19.9 Å². The summed E-state index contributed by atoms with van der Waals surface area (Å²) in [6.07, 6.45) is 0. The van der Waals surface area contributed by atoms with Crippen molar-refractivity contribution in [2.45, 2.75) is 5.60 Å². The lowest BCUT2D eigenvalue weighted by molar-refractivity contribution is 0.0224. The smallest absolute Gasteiger partial charge is 0.340 e. The molecule has 3 N–H and O–H groups in total. The zero-order valence-electron chi connectivity index (χ0n) is 16.7. The molecule has 156 valence electrons. The van der Waals surface area contributed by atoms with Gasteiger partial charge in [0, 0.05) is 34.5 Å². The van der Waals surface area contributed by atoms with Gasteiger partial charge in [-0.15, -0.1) is 0 Å². The molecule has 2 aliphatic rings. The van der Waals surface area contributed by atoms with Gasteiger partial charge in [-0.2, -0.15) is 0 Å². The SMILES string of the molecule is Nc1ccc(Oc2ccc3c(c2)Oc2cc(O)ccc2[C@]32OC(=O)c3ccccc32)cc1. The van der Waals surface area contributed by atoms with E-state index in [1.165, 1.54) is 6.07 Å². The van der Waals surface area contributed by atoms with Gasteiger partial charge in [-0.1, -0.05) is 18.2 Å². The Balaban J connectivity index is 1.53. The van der Waals surface area contributed by atoms with Crippen LogP contribution < -0.4 is 15.2 Å². The number of hydrogen-bond donors (Lipinski definition) is 2. The predicted octanol–water partition coefficient (Wildman–Crippen LogP) is 5.33. The van der Waals surface area contributed by atoms with E-state index in [-0.39, 0.29) is 5.75 Å². The third-order valence-electron chi connectivity index (χ3n) is 5.78. The zero-order valence-corrected chi connectivity index (χ0v) is 16.7. The Morgan fingerprint density at radius 2 is 1.47 bits per heavy atom. The third kappa shape index (κ3) is 2.56. The Morgan fingerprint density at radius 1 is 0.781 bits per heavy atom. The Hall–Kier alpha value is -4.45. The monoisotopic (exact) mass is 423 g/mol. The summed E-state index contributed by atoms with van der Waals surface area (Å²) in [4.78, 5) is 12.8. The first-order chi connectivity index (χ1) is 15.5. The molecule has 0 amide bonds. The number of rotatable bonds is 2. The maximum atomic E-state index is 12.8. The Labute approximate surface area is 183 Å². The second kappa shape index (κ2) is 6.52. The number of hydrogen-bond acceptors (Lipinski definition) is 6. The molecule has 4 aromatic rings. The van der Waals surface area contributed by atoms with Crippen molar-refractivity contribution in [1.29, 1.82) is 0 Å². The van der Waals surface area contributed by atoms with Gasteiger partial charge in [0.1, 0.15) is 28.7 Å². The normalized spacial score (nSPS) is 17.7. The molecule has 6 nitrogen and oxygen atoms in total. The highest BCUT2D eigenvalue weighted by molar-refractivity contribution is 5.97. The van der Waals surface area contributed by atoms with Crippen LogP contribution in [-0.4, -0.2) is 11.1 Å². The highest BCUT2D eigenvalue weighted by Crippen LogP contribution is 2.57. The number of aromatic hydroxyl groups is 1. The van der Waals surface area contributed by atoms with Crippen LogP contribution in [0.3, 0.4) is 0 Å². The van der Waals surface area contributed by atoms with E-state index in [1.807, 2.05) is 18.2 Å². The number of phenolic OH excluding ortho intramolecular Hbond substituents is 1. The minimum atomic E-state index is -1.18. The van der Waals surface area contributed by atoms with Crippen LogP contribution in [-0.2, 0) is 10.3 Å². The summed E-state index contributed by atoms with van der Waals surface area (Å²) >= 11 is 0. The molecule has 0 aromatic heterocycles. The van der Waals surface area contributed by atoms with Crippen molar-refractivity contribution >= 4 is 11.7 Å². The lowest BCUT2D eigenvalue weighted by atomic mass is 9.77. The quantitative estimate of drug-likeness (QED) is 0.334. The topological polar surface area (TPSA) is 91.0 Å². The molecule has 2 heterocycles. The van der Waals surface area contributed by atoms with Crippen LogP contribution in [0.15, 0.2) is 84.9 Å². The molecule has 0 saturated heterocycles. The molecule has 0 unspecified atom stereocenters. The first-order valence-corrected chi connectivity index (χ1v) is 10.1. The molecule has 1 atom stereocenters. The van der Waals surface area contributed by atoms with Crippen molar-refractivity contribution in [2.24, 2.45) is 0 Å². The molecule has 0 aliphatic carbocycles. The maximum absolute atomic E-state index is 12.8. The largest absolute Gasteiger partial charge is 0.508 e. The number of phenols is 1. The first kappa shape index (κ1) is 18.3. The van der Waals surface area contributed by atoms with Gasteiger partial charge in [0.05, 0.1) is 5.56 Å². The van der Waals surface area contributed by atoms with Gasteiger partial charge in [-0.3, -0.25) is 0 Å². The van der Waals surface area contributed by atoms with Gasteiger partial charge in [0.15, 0.2) is 5.60 Å². The van der Waals surface area contributed by atoms with Gasteiger partial charge in [-0.05, 0) is 54.6 Å².